The van der Waals surface area contributed by atoms with E-state index in [0.29, 0.717) is 16.4 Å². The van der Waals surface area contributed by atoms with Crippen molar-refractivity contribution in [3.63, 3.8) is 0 Å². The van der Waals surface area contributed by atoms with Crippen molar-refractivity contribution in [1.82, 2.24) is 19.7 Å². The normalized spacial score (nSPS) is 16.6. The number of rotatable bonds is 8. The molecule has 9 heteroatoms. The van der Waals surface area contributed by atoms with Crippen LogP contribution in [0.1, 0.15) is 35.8 Å². The Bertz CT molecular complexity index is 952. The van der Waals surface area contributed by atoms with Gasteiger partial charge < -0.3 is 20.0 Å². The molecule has 4 rings (SSSR count). The van der Waals surface area contributed by atoms with Crippen molar-refractivity contribution >= 4 is 34.2 Å². The van der Waals surface area contributed by atoms with Gasteiger partial charge >= 0.3 is 0 Å². The number of amides is 3. The standard InChI is InChI=1S/C23H29N5O3S/c1-2-26-10-12-27(13-11-26)21(30)14-18-16-32-23(24-18)25-20(29)15-28(19-8-9-19)22(31)17-6-4-3-5-7-17/h3-7,16,19H,2,8-15H2,1H3,(H,24,25,29). The predicted molar refractivity (Wildman–Crippen MR) is 124 cm³/mol. The van der Waals surface area contributed by atoms with Gasteiger partial charge in [-0.2, -0.15) is 0 Å². The van der Waals surface area contributed by atoms with Gasteiger partial charge in [-0.1, -0.05) is 25.1 Å². The molecule has 2 aromatic rings. The molecule has 1 aliphatic heterocycles. The first-order chi connectivity index (χ1) is 15.5. The number of thiazole rings is 1. The van der Waals surface area contributed by atoms with Crippen molar-refractivity contribution < 1.29 is 14.4 Å². The Morgan fingerprint density at radius 2 is 1.84 bits per heavy atom. The fourth-order valence-corrected chi connectivity index (χ4v) is 4.57. The van der Waals surface area contributed by atoms with Crippen LogP contribution in [0.4, 0.5) is 5.13 Å². The summed E-state index contributed by atoms with van der Waals surface area (Å²) in [5, 5.41) is 5.06. The van der Waals surface area contributed by atoms with Crippen LogP contribution in [-0.2, 0) is 16.0 Å². The first kappa shape index (κ1) is 22.4. The second-order valence-corrected chi connectivity index (χ2v) is 9.07. The Kier molecular flexibility index (Phi) is 7.16. The fraction of sp³-hybridized carbons (Fsp3) is 0.478. The van der Waals surface area contributed by atoms with E-state index in [4.69, 9.17) is 0 Å². The molecule has 0 radical (unpaired) electrons. The van der Waals surface area contributed by atoms with Gasteiger partial charge in [0.05, 0.1) is 12.1 Å². The Labute approximate surface area is 192 Å². The van der Waals surface area contributed by atoms with Gasteiger partial charge in [0.2, 0.25) is 11.8 Å². The summed E-state index contributed by atoms with van der Waals surface area (Å²) in [5.74, 6) is -0.335. The van der Waals surface area contributed by atoms with Crippen LogP contribution in [0.2, 0.25) is 0 Å². The number of aromatic nitrogens is 1. The minimum Gasteiger partial charge on any atom is -0.340 e. The van der Waals surface area contributed by atoms with Gasteiger partial charge in [0.1, 0.15) is 6.54 Å². The Morgan fingerprint density at radius 1 is 1.12 bits per heavy atom. The average Bonchev–Trinajstić information content (AvgIpc) is 3.58. The van der Waals surface area contributed by atoms with E-state index >= 15 is 0 Å². The summed E-state index contributed by atoms with van der Waals surface area (Å²) >= 11 is 1.30. The van der Waals surface area contributed by atoms with E-state index in [2.05, 4.69) is 22.1 Å². The minimum atomic E-state index is -0.274. The number of piperazine rings is 1. The first-order valence-electron chi connectivity index (χ1n) is 11.1. The second-order valence-electron chi connectivity index (χ2n) is 8.21. The lowest BCUT2D eigenvalue weighted by Gasteiger charge is -2.34. The van der Waals surface area contributed by atoms with E-state index in [0.717, 1.165) is 45.6 Å². The van der Waals surface area contributed by atoms with Crippen molar-refractivity contribution in [2.24, 2.45) is 0 Å². The second kappa shape index (κ2) is 10.2. The first-order valence-corrected chi connectivity index (χ1v) is 12.0. The third-order valence-corrected chi connectivity index (χ3v) is 6.69. The van der Waals surface area contributed by atoms with Gasteiger partial charge in [0, 0.05) is 43.2 Å². The lowest BCUT2D eigenvalue weighted by atomic mass is 10.2. The zero-order valence-electron chi connectivity index (χ0n) is 18.3. The Balaban J connectivity index is 1.29. The summed E-state index contributed by atoms with van der Waals surface area (Å²) in [7, 11) is 0. The van der Waals surface area contributed by atoms with Crippen LogP contribution in [0.15, 0.2) is 35.7 Å². The molecular weight excluding hydrogens is 426 g/mol. The summed E-state index contributed by atoms with van der Waals surface area (Å²) in [6.07, 6.45) is 2.07. The van der Waals surface area contributed by atoms with Crippen LogP contribution in [0.5, 0.6) is 0 Å². The Hall–Kier alpha value is -2.78. The smallest absolute Gasteiger partial charge is 0.254 e. The topological polar surface area (TPSA) is 85.9 Å². The quantitative estimate of drug-likeness (QED) is 0.659. The molecule has 1 aromatic heterocycles. The molecule has 32 heavy (non-hydrogen) atoms. The van der Waals surface area contributed by atoms with E-state index in [-0.39, 0.29) is 36.7 Å². The molecule has 0 unspecified atom stereocenters. The van der Waals surface area contributed by atoms with E-state index in [1.165, 1.54) is 11.3 Å². The number of benzene rings is 1. The number of hydrogen-bond donors (Lipinski definition) is 1. The number of hydrogen-bond acceptors (Lipinski definition) is 6. The van der Waals surface area contributed by atoms with Crippen molar-refractivity contribution in [2.75, 3.05) is 44.6 Å². The number of carbonyl (C=O) groups excluding carboxylic acids is 3. The maximum absolute atomic E-state index is 12.8. The van der Waals surface area contributed by atoms with Crippen LogP contribution >= 0.6 is 11.3 Å². The highest BCUT2D eigenvalue weighted by Gasteiger charge is 2.34. The van der Waals surface area contributed by atoms with Gasteiger partial charge in [0.25, 0.3) is 5.91 Å². The van der Waals surface area contributed by atoms with Crippen LogP contribution in [-0.4, -0.2) is 82.7 Å². The van der Waals surface area contributed by atoms with Crippen LogP contribution < -0.4 is 5.32 Å². The molecular formula is C23H29N5O3S. The van der Waals surface area contributed by atoms with E-state index in [9.17, 15) is 14.4 Å². The lowest BCUT2D eigenvalue weighted by molar-refractivity contribution is -0.132. The van der Waals surface area contributed by atoms with E-state index in [1.807, 2.05) is 28.5 Å². The highest BCUT2D eigenvalue weighted by Crippen LogP contribution is 2.28. The van der Waals surface area contributed by atoms with Gasteiger partial charge in [-0.05, 0) is 31.5 Å². The summed E-state index contributed by atoms with van der Waals surface area (Å²) in [4.78, 5) is 48.3. The van der Waals surface area contributed by atoms with Crippen molar-refractivity contribution in [2.45, 2.75) is 32.2 Å². The molecule has 2 heterocycles. The number of likely N-dealkylation sites (N-methyl/N-ethyl adjacent to an activating group) is 1. The highest BCUT2D eigenvalue weighted by molar-refractivity contribution is 7.13. The third-order valence-electron chi connectivity index (χ3n) is 5.89. The molecule has 1 aromatic carbocycles. The molecule has 170 valence electrons. The fourth-order valence-electron chi connectivity index (χ4n) is 3.84. The van der Waals surface area contributed by atoms with E-state index < -0.39 is 0 Å². The van der Waals surface area contributed by atoms with Crippen molar-refractivity contribution in [3.8, 4) is 0 Å². The summed E-state index contributed by atoms with van der Waals surface area (Å²) in [5.41, 5.74) is 1.25. The molecule has 2 fully saturated rings. The molecule has 1 aliphatic carbocycles. The molecule has 1 saturated heterocycles. The van der Waals surface area contributed by atoms with Crippen molar-refractivity contribution in [1.29, 1.82) is 0 Å². The molecule has 1 N–H and O–H groups in total. The van der Waals surface area contributed by atoms with Gasteiger partial charge in [-0.3, -0.25) is 14.4 Å². The molecule has 0 atom stereocenters. The lowest BCUT2D eigenvalue weighted by Crippen LogP contribution is -2.48. The number of nitrogens with one attached hydrogen (secondary N) is 1. The maximum Gasteiger partial charge on any atom is 0.254 e. The highest BCUT2D eigenvalue weighted by atomic mass is 32.1. The largest absolute Gasteiger partial charge is 0.340 e. The van der Waals surface area contributed by atoms with Crippen LogP contribution in [0.25, 0.3) is 0 Å². The number of carbonyl (C=O) groups is 3. The zero-order valence-corrected chi connectivity index (χ0v) is 19.1. The molecule has 1 saturated carbocycles. The molecule has 2 aliphatic rings. The predicted octanol–water partition coefficient (Wildman–Crippen LogP) is 2.09. The summed E-state index contributed by atoms with van der Waals surface area (Å²) in [6, 6.07) is 9.15. The summed E-state index contributed by atoms with van der Waals surface area (Å²) < 4.78 is 0. The number of nitrogens with zero attached hydrogens (tertiary/aromatic N) is 4. The van der Waals surface area contributed by atoms with Crippen molar-refractivity contribution in [3.05, 3.63) is 47.0 Å². The average molecular weight is 456 g/mol. The van der Waals surface area contributed by atoms with Gasteiger partial charge in [0.15, 0.2) is 5.13 Å². The molecule has 8 nitrogen and oxygen atoms in total. The third kappa shape index (κ3) is 5.72. The molecule has 0 spiro atoms. The number of anilines is 1. The van der Waals surface area contributed by atoms with Crippen LogP contribution in [0, 0.1) is 0 Å². The maximum atomic E-state index is 12.8. The van der Waals surface area contributed by atoms with E-state index in [1.54, 1.807) is 17.0 Å². The monoisotopic (exact) mass is 455 g/mol. The van der Waals surface area contributed by atoms with Gasteiger partial charge in [-0.25, -0.2) is 4.98 Å². The zero-order chi connectivity index (χ0) is 22.5. The SMILES string of the molecule is CCN1CCN(C(=O)Cc2csc(NC(=O)CN(C(=O)c3ccccc3)C3CC3)n2)CC1. The van der Waals surface area contributed by atoms with Gasteiger partial charge in [-0.15, -0.1) is 11.3 Å². The summed E-state index contributed by atoms with van der Waals surface area (Å²) in [6.45, 7) is 6.42. The van der Waals surface area contributed by atoms with Crippen LogP contribution in [0.3, 0.4) is 0 Å². The Morgan fingerprint density at radius 3 is 2.50 bits per heavy atom. The molecule has 3 amide bonds. The minimum absolute atomic E-state index is 0.00601. The molecule has 0 bridgehead atoms.